The minimum atomic E-state index is -0.390. The molecule has 1 aliphatic heterocycles. The maximum atomic E-state index is 13.3. The fourth-order valence-electron chi connectivity index (χ4n) is 2.42. The molecule has 112 valence electrons. The average Bonchev–Trinajstić information content (AvgIpc) is 2.82. The Labute approximate surface area is 127 Å². The smallest absolute Gasteiger partial charge is 0.256 e. The molecule has 0 saturated heterocycles. The van der Waals surface area contributed by atoms with Gasteiger partial charge in [0.2, 0.25) is 0 Å². The van der Waals surface area contributed by atoms with Crippen molar-refractivity contribution in [2.24, 2.45) is 0 Å². The van der Waals surface area contributed by atoms with Gasteiger partial charge in [0.1, 0.15) is 17.3 Å². The van der Waals surface area contributed by atoms with Crippen LogP contribution >= 0.6 is 0 Å². The zero-order valence-electron chi connectivity index (χ0n) is 12.1. The molecule has 22 heavy (non-hydrogen) atoms. The monoisotopic (exact) mass is 299 g/mol. The maximum absolute atomic E-state index is 13.3. The van der Waals surface area contributed by atoms with E-state index in [9.17, 15) is 9.18 Å². The average molecular weight is 299 g/mol. The van der Waals surface area contributed by atoms with Gasteiger partial charge in [0.25, 0.3) is 5.91 Å². The first-order valence-electron chi connectivity index (χ1n) is 6.67. The Hall–Kier alpha value is -2.82. The van der Waals surface area contributed by atoms with E-state index in [2.05, 4.69) is 5.32 Å². The topological polar surface area (TPSA) is 47.6 Å². The number of halogens is 1. The second kappa shape index (κ2) is 5.52. The number of fused-ring (bicyclic) bond motifs is 1. The number of rotatable bonds is 3. The Balaban J connectivity index is 2.12. The Bertz CT molecular complexity index is 783. The number of nitrogens with one attached hydrogen (secondary N) is 1. The van der Waals surface area contributed by atoms with Gasteiger partial charge in [0, 0.05) is 16.7 Å². The minimum absolute atomic E-state index is 0.273. The summed E-state index contributed by atoms with van der Waals surface area (Å²) in [5.74, 6) is 0.617. The van der Waals surface area contributed by atoms with Gasteiger partial charge in [-0.1, -0.05) is 0 Å². The van der Waals surface area contributed by atoms with Gasteiger partial charge in [-0.25, -0.2) is 4.39 Å². The quantitative estimate of drug-likeness (QED) is 0.884. The fourth-order valence-corrected chi connectivity index (χ4v) is 2.42. The molecule has 0 unspecified atom stereocenters. The molecule has 1 aliphatic rings. The number of hydrogen-bond donors (Lipinski definition) is 1. The Morgan fingerprint density at radius 2 is 1.91 bits per heavy atom. The van der Waals surface area contributed by atoms with Gasteiger partial charge in [-0.3, -0.25) is 4.79 Å². The van der Waals surface area contributed by atoms with Crippen LogP contribution in [0.3, 0.4) is 0 Å². The molecule has 0 atom stereocenters. The molecule has 0 fully saturated rings. The molecule has 0 aromatic heterocycles. The van der Waals surface area contributed by atoms with Crippen molar-refractivity contribution in [1.29, 1.82) is 0 Å². The minimum Gasteiger partial charge on any atom is -0.497 e. The van der Waals surface area contributed by atoms with Crippen molar-refractivity contribution in [2.45, 2.75) is 0 Å². The predicted molar refractivity (Wildman–Crippen MR) is 82.4 cm³/mol. The number of hydrogen-bond acceptors (Lipinski definition) is 3. The van der Waals surface area contributed by atoms with Gasteiger partial charge in [0.05, 0.1) is 19.9 Å². The van der Waals surface area contributed by atoms with Gasteiger partial charge >= 0.3 is 0 Å². The molecule has 4 nitrogen and oxygen atoms in total. The summed E-state index contributed by atoms with van der Waals surface area (Å²) in [4.78, 5) is 12.1. The van der Waals surface area contributed by atoms with Crippen LogP contribution in [-0.4, -0.2) is 20.1 Å². The lowest BCUT2D eigenvalue weighted by Crippen LogP contribution is -2.03. The van der Waals surface area contributed by atoms with Crippen molar-refractivity contribution in [3.05, 3.63) is 53.3 Å². The highest BCUT2D eigenvalue weighted by atomic mass is 19.1. The maximum Gasteiger partial charge on any atom is 0.256 e. The first-order chi connectivity index (χ1) is 10.6. The molecular formula is C17H14FNO3. The van der Waals surface area contributed by atoms with E-state index in [0.717, 1.165) is 0 Å². The van der Waals surface area contributed by atoms with E-state index in [1.807, 2.05) is 0 Å². The summed E-state index contributed by atoms with van der Waals surface area (Å²) in [6.45, 7) is 0. The van der Waals surface area contributed by atoms with E-state index in [-0.39, 0.29) is 11.7 Å². The zero-order chi connectivity index (χ0) is 15.7. The lowest BCUT2D eigenvalue weighted by molar-refractivity contribution is -0.110. The molecular weight excluding hydrogens is 285 g/mol. The van der Waals surface area contributed by atoms with Crippen LogP contribution in [-0.2, 0) is 4.79 Å². The van der Waals surface area contributed by atoms with Crippen LogP contribution in [0.4, 0.5) is 10.1 Å². The van der Waals surface area contributed by atoms with Crippen LogP contribution < -0.4 is 14.8 Å². The van der Waals surface area contributed by atoms with Crippen molar-refractivity contribution >= 4 is 23.2 Å². The number of carbonyl (C=O) groups is 1. The largest absolute Gasteiger partial charge is 0.497 e. The molecule has 1 heterocycles. The molecule has 5 heteroatoms. The van der Waals surface area contributed by atoms with E-state index in [1.165, 1.54) is 12.1 Å². The van der Waals surface area contributed by atoms with E-state index in [0.29, 0.717) is 33.9 Å². The number of carbonyl (C=O) groups excluding carboxylic acids is 1. The molecule has 2 aromatic rings. The van der Waals surface area contributed by atoms with Crippen LogP contribution in [0.15, 0.2) is 36.4 Å². The van der Waals surface area contributed by atoms with Crippen molar-refractivity contribution in [3.63, 3.8) is 0 Å². The van der Waals surface area contributed by atoms with Gasteiger partial charge < -0.3 is 14.8 Å². The highest BCUT2D eigenvalue weighted by Crippen LogP contribution is 2.35. The number of ether oxygens (including phenoxy) is 2. The molecule has 0 saturated carbocycles. The molecule has 1 amide bonds. The highest BCUT2D eigenvalue weighted by Gasteiger charge is 2.24. The Morgan fingerprint density at radius 1 is 1.09 bits per heavy atom. The standard InChI is InChI=1S/C17H14FNO3/c1-21-12-4-6-16(22-2)10(7-12)8-14-13-5-3-11(18)9-15(13)19-17(14)20/h3-9H,1-2H3,(H,19,20)/b14-8-. The second-order valence-electron chi connectivity index (χ2n) is 4.81. The molecule has 0 radical (unpaired) electrons. The second-order valence-corrected chi connectivity index (χ2v) is 4.81. The van der Waals surface area contributed by atoms with Crippen molar-refractivity contribution < 1.29 is 18.7 Å². The highest BCUT2D eigenvalue weighted by molar-refractivity contribution is 6.35. The van der Waals surface area contributed by atoms with E-state index in [1.54, 1.807) is 44.6 Å². The molecule has 1 N–H and O–H groups in total. The van der Waals surface area contributed by atoms with Crippen molar-refractivity contribution in [1.82, 2.24) is 0 Å². The van der Waals surface area contributed by atoms with Crippen LogP contribution in [0.5, 0.6) is 11.5 Å². The van der Waals surface area contributed by atoms with Crippen LogP contribution in [0, 0.1) is 5.82 Å². The third-order valence-electron chi connectivity index (χ3n) is 3.50. The van der Waals surface area contributed by atoms with Crippen molar-refractivity contribution in [3.8, 4) is 11.5 Å². The lowest BCUT2D eigenvalue weighted by atomic mass is 10.0. The zero-order valence-corrected chi connectivity index (χ0v) is 12.1. The summed E-state index contributed by atoms with van der Waals surface area (Å²) in [5, 5.41) is 2.66. The summed E-state index contributed by atoms with van der Waals surface area (Å²) >= 11 is 0. The summed E-state index contributed by atoms with van der Waals surface area (Å²) in [7, 11) is 3.13. The van der Waals surface area contributed by atoms with Gasteiger partial charge in [0.15, 0.2) is 0 Å². The molecule has 0 bridgehead atoms. The number of benzene rings is 2. The first kappa shape index (κ1) is 14.1. The third kappa shape index (κ3) is 2.41. The molecule has 0 spiro atoms. The van der Waals surface area contributed by atoms with Gasteiger partial charge in [-0.15, -0.1) is 0 Å². The van der Waals surface area contributed by atoms with E-state index < -0.39 is 0 Å². The lowest BCUT2D eigenvalue weighted by Gasteiger charge is -2.08. The van der Waals surface area contributed by atoms with Crippen LogP contribution in [0.2, 0.25) is 0 Å². The fraction of sp³-hybridized carbons (Fsp3) is 0.118. The predicted octanol–water partition coefficient (Wildman–Crippen LogP) is 3.34. The van der Waals surface area contributed by atoms with E-state index >= 15 is 0 Å². The van der Waals surface area contributed by atoms with E-state index in [4.69, 9.17) is 9.47 Å². The summed E-state index contributed by atoms with van der Waals surface area (Å²) in [5.41, 5.74) is 2.31. The van der Waals surface area contributed by atoms with Gasteiger partial charge in [-0.2, -0.15) is 0 Å². The van der Waals surface area contributed by atoms with Crippen LogP contribution in [0.25, 0.3) is 11.6 Å². The summed E-state index contributed by atoms with van der Waals surface area (Å²) < 4.78 is 23.8. The normalized spacial score (nSPS) is 14.7. The first-order valence-corrected chi connectivity index (χ1v) is 6.67. The summed E-state index contributed by atoms with van der Waals surface area (Å²) in [6.07, 6.45) is 1.71. The molecule has 0 aliphatic carbocycles. The van der Waals surface area contributed by atoms with Crippen molar-refractivity contribution in [2.75, 3.05) is 19.5 Å². The number of amides is 1. The van der Waals surface area contributed by atoms with Crippen LogP contribution in [0.1, 0.15) is 11.1 Å². The molecule has 2 aromatic carbocycles. The summed E-state index contributed by atoms with van der Waals surface area (Å²) in [6, 6.07) is 9.54. The number of anilines is 1. The Kier molecular flexibility index (Phi) is 3.55. The molecule has 3 rings (SSSR count). The Morgan fingerprint density at radius 3 is 2.64 bits per heavy atom. The third-order valence-corrected chi connectivity index (χ3v) is 3.50. The SMILES string of the molecule is COc1ccc(OC)c(/C=C2\C(=O)Nc3cc(F)ccc32)c1. The number of methoxy groups -OCH3 is 2. The van der Waals surface area contributed by atoms with Gasteiger partial charge in [-0.05, 0) is 42.5 Å².